The molecule has 1 aromatic carbocycles. The molecule has 1 aromatic rings. The van der Waals surface area contributed by atoms with Gasteiger partial charge in [-0.3, -0.25) is 10.1 Å². The van der Waals surface area contributed by atoms with Crippen LogP contribution in [0.5, 0.6) is 0 Å². The Bertz CT molecular complexity index is 471. The van der Waals surface area contributed by atoms with Crippen LogP contribution in [0.4, 0.5) is 16.2 Å². The molecule has 3 N–H and O–H groups in total. The van der Waals surface area contributed by atoms with Crippen LogP contribution in [0.1, 0.15) is 27.2 Å². The highest BCUT2D eigenvalue weighted by atomic mass is 16.5. The van der Waals surface area contributed by atoms with Crippen molar-refractivity contribution in [1.29, 1.82) is 0 Å². The summed E-state index contributed by atoms with van der Waals surface area (Å²) in [6.07, 6.45) is -0.652. The number of benzene rings is 1. The standard InChI is InChI=1S/C15H22N2O4/c1-4-13(10(3)18)14(19)16-11-6-8-12(9-7-11)17-15(20)21-5-2/h6-10,13,18H,4-5H2,1-3H3,(H,16,19)(H,17,20)/t10-,13+/m0/s1. The van der Waals surface area contributed by atoms with Gasteiger partial charge in [-0.2, -0.15) is 0 Å². The highest BCUT2D eigenvalue weighted by Crippen LogP contribution is 2.16. The number of carbonyl (C=O) groups excluding carboxylic acids is 2. The summed E-state index contributed by atoms with van der Waals surface area (Å²) in [7, 11) is 0. The largest absolute Gasteiger partial charge is 0.450 e. The van der Waals surface area contributed by atoms with Gasteiger partial charge in [0.2, 0.25) is 5.91 Å². The SMILES string of the molecule is CCOC(=O)Nc1ccc(NC(=O)[C@H](CC)[C@H](C)O)cc1. The molecule has 0 spiro atoms. The number of amides is 2. The van der Waals surface area contributed by atoms with Gasteiger partial charge in [0.1, 0.15) is 0 Å². The van der Waals surface area contributed by atoms with Crippen molar-refractivity contribution in [2.75, 3.05) is 17.2 Å². The van der Waals surface area contributed by atoms with E-state index in [1.165, 1.54) is 0 Å². The molecule has 0 saturated carbocycles. The van der Waals surface area contributed by atoms with E-state index in [0.29, 0.717) is 24.4 Å². The number of rotatable bonds is 6. The van der Waals surface area contributed by atoms with Gasteiger partial charge in [-0.25, -0.2) is 4.79 Å². The van der Waals surface area contributed by atoms with Crippen molar-refractivity contribution in [3.8, 4) is 0 Å². The van der Waals surface area contributed by atoms with Crippen molar-refractivity contribution in [3.63, 3.8) is 0 Å². The molecule has 0 aliphatic carbocycles. The van der Waals surface area contributed by atoms with Crippen molar-refractivity contribution in [1.82, 2.24) is 0 Å². The minimum absolute atomic E-state index is 0.224. The minimum Gasteiger partial charge on any atom is -0.450 e. The van der Waals surface area contributed by atoms with Crippen molar-refractivity contribution < 1.29 is 19.4 Å². The third-order valence-corrected chi connectivity index (χ3v) is 3.03. The summed E-state index contributed by atoms with van der Waals surface area (Å²) >= 11 is 0. The van der Waals surface area contributed by atoms with Crippen molar-refractivity contribution in [2.24, 2.45) is 5.92 Å². The van der Waals surface area contributed by atoms with Gasteiger partial charge < -0.3 is 15.2 Å². The second-order valence-corrected chi connectivity index (χ2v) is 4.67. The monoisotopic (exact) mass is 294 g/mol. The molecule has 0 aliphatic heterocycles. The van der Waals surface area contributed by atoms with Gasteiger partial charge in [-0.1, -0.05) is 6.92 Å². The van der Waals surface area contributed by atoms with E-state index < -0.39 is 18.1 Å². The lowest BCUT2D eigenvalue weighted by Crippen LogP contribution is -2.30. The average Bonchev–Trinajstić information content (AvgIpc) is 2.41. The first kappa shape index (κ1) is 17.0. The maximum Gasteiger partial charge on any atom is 0.411 e. The zero-order valence-corrected chi connectivity index (χ0v) is 12.6. The first-order chi connectivity index (χ1) is 9.97. The van der Waals surface area contributed by atoms with Gasteiger partial charge in [0.25, 0.3) is 0 Å². The quantitative estimate of drug-likeness (QED) is 0.752. The normalized spacial score (nSPS) is 13.1. The highest BCUT2D eigenvalue weighted by molar-refractivity contribution is 5.93. The van der Waals surface area contributed by atoms with Gasteiger partial charge in [0, 0.05) is 11.4 Å². The Kier molecular flexibility index (Phi) is 6.68. The van der Waals surface area contributed by atoms with E-state index in [1.807, 2.05) is 6.92 Å². The minimum atomic E-state index is -0.695. The van der Waals surface area contributed by atoms with Crippen LogP contribution in [-0.4, -0.2) is 29.8 Å². The molecule has 0 saturated heterocycles. The molecule has 2 atom stereocenters. The fourth-order valence-electron chi connectivity index (χ4n) is 1.90. The second-order valence-electron chi connectivity index (χ2n) is 4.67. The first-order valence-electron chi connectivity index (χ1n) is 7.00. The van der Waals surface area contributed by atoms with Crippen LogP contribution in [0.25, 0.3) is 0 Å². The molecular weight excluding hydrogens is 272 g/mol. The zero-order valence-electron chi connectivity index (χ0n) is 12.6. The van der Waals surface area contributed by atoms with Crippen LogP contribution >= 0.6 is 0 Å². The van der Waals surface area contributed by atoms with Crippen molar-refractivity contribution in [3.05, 3.63) is 24.3 Å². The fourth-order valence-corrected chi connectivity index (χ4v) is 1.90. The van der Waals surface area contributed by atoms with E-state index in [9.17, 15) is 14.7 Å². The number of carbonyl (C=O) groups is 2. The summed E-state index contributed by atoms with van der Waals surface area (Å²) in [5.74, 6) is -0.666. The van der Waals surface area contributed by atoms with Crippen molar-refractivity contribution in [2.45, 2.75) is 33.3 Å². The molecule has 6 heteroatoms. The fraction of sp³-hybridized carbons (Fsp3) is 0.467. The van der Waals surface area contributed by atoms with E-state index in [4.69, 9.17) is 4.74 Å². The Morgan fingerprint density at radius 3 is 2.10 bits per heavy atom. The van der Waals surface area contributed by atoms with E-state index in [2.05, 4.69) is 10.6 Å². The van der Waals surface area contributed by atoms with Crippen molar-refractivity contribution >= 4 is 23.4 Å². The Morgan fingerprint density at radius 2 is 1.67 bits per heavy atom. The maximum absolute atomic E-state index is 12.0. The van der Waals surface area contributed by atoms with Crippen LogP contribution in [0.15, 0.2) is 24.3 Å². The number of hydrogen-bond donors (Lipinski definition) is 3. The van der Waals surface area contributed by atoms with E-state index in [0.717, 1.165) is 0 Å². The zero-order chi connectivity index (χ0) is 15.8. The highest BCUT2D eigenvalue weighted by Gasteiger charge is 2.21. The van der Waals surface area contributed by atoms with E-state index in [1.54, 1.807) is 38.1 Å². The third kappa shape index (κ3) is 5.43. The lowest BCUT2D eigenvalue weighted by atomic mass is 10.00. The predicted molar refractivity (Wildman–Crippen MR) is 81.2 cm³/mol. The summed E-state index contributed by atoms with van der Waals surface area (Å²) in [4.78, 5) is 23.2. The van der Waals surface area contributed by atoms with Gasteiger partial charge in [-0.15, -0.1) is 0 Å². The third-order valence-electron chi connectivity index (χ3n) is 3.03. The molecule has 0 aromatic heterocycles. The summed E-state index contributed by atoms with van der Waals surface area (Å²) in [6, 6.07) is 6.67. The molecule has 21 heavy (non-hydrogen) atoms. The maximum atomic E-state index is 12.0. The Hall–Kier alpha value is -2.08. The molecule has 1 rings (SSSR count). The number of anilines is 2. The number of hydrogen-bond acceptors (Lipinski definition) is 4. The van der Waals surface area contributed by atoms with E-state index >= 15 is 0 Å². The summed E-state index contributed by atoms with van der Waals surface area (Å²) < 4.78 is 4.77. The van der Waals surface area contributed by atoms with Crippen LogP contribution in [0, 0.1) is 5.92 Å². The smallest absolute Gasteiger partial charge is 0.411 e. The first-order valence-corrected chi connectivity index (χ1v) is 7.00. The molecule has 2 amide bonds. The van der Waals surface area contributed by atoms with Gasteiger partial charge in [-0.05, 0) is 44.5 Å². The molecule has 0 heterocycles. The Labute approximate surface area is 124 Å². The predicted octanol–water partition coefficient (Wildman–Crippen LogP) is 2.60. The topological polar surface area (TPSA) is 87.7 Å². The van der Waals surface area contributed by atoms with Crippen LogP contribution in [0.2, 0.25) is 0 Å². The van der Waals surface area contributed by atoms with Crippen LogP contribution in [-0.2, 0) is 9.53 Å². The number of ether oxygens (including phenoxy) is 1. The van der Waals surface area contributed by atoms with Gasteiger partial charge in [0.05, 0.1) is 18.6 Å². The summed E-state index contributed by atoms with van der Waals surface area (Å²) in [5.41, 5.74) is 1.18. The Morgan fingerprint density at radius 1 is 1.14 bits per heavy atom. The Balaban J connectivity index is 2.62. The average molecular weight is 294 g/mol. The van der Waals surface area contributed by atoms with Crippen LogP contribution < -0.4 is 10.6 Å². The summed E-state index contributed by atoms with van der Waals surface area (Å²) in [5, 5.41) is 14.8. The van der Waals surface area contributed by atoms with Gasteiger partial charge >= 0.3 is 6.09 Å². The number of aliphatic hydroxyl groups excluding tert-OH is 1. The molecule has 0 radical (unpaired) electrons. The van der Waals surface area contributed by atoms with Gasteiger partial charge in [0.15, 0.2) is 0 Å². The molecule has 0 fully saturated rings. The lowest BCUT2D eigenvalue weighted by molar-refractivity contribution is -0.123. The lowest BCUT2D eigenvalue weighted by Gasteiger charge is -2.17. The molecule has 0 aliphatic rings. The van der Waals surface area contributed by atoms with Crippen LogP contribution in [0.3, 0.4) is 0 Å². The molecular formula is C15H22N2O4. The van der Waals surface area contributed by atoms with E-state index in [-0.39, 0.29) is 5.91 Å². The summed E-state index contributed by atoms with van der Waals surface area (Å²) in [6.45, 7) is 5.48. The number of nitrogens with one attached hydrogen (secondary N) is 2. The molecule has 116 valence electrons. The number of aliphatic hydroxyl groups is 1. The molecule has 0 bridgehead atoms. The molecule has 6 nitrogen and oxygen atoms in total. The second kappa shape index (κ2) is 8.26. The molecule has 0 unspecified atom stereocenters.